The maximum absolute atomic E-state index is 8.68. The average molecular weight is 329 g/mol. The first-order valence-corrected chi connectivity index (χ1v) is 9.84. The number of hydrogen-bond donors (Lipinski definition) is 1. The molecule has 0 aliphatic rings. The van der Waals surface area contributed by atoms with E-state index >= 15 is 0 Å². The Hall–Kier alpha value is -0.380. The number of aliphatic hydroxyl groups is 1. The van der Waals surface area contributed by atoms with Gasteiger partial charge in [0.1, 0.15) is 0 Å². The molecule has 0 aliphatic carbocycles. The van der Waals surface area contributed by atoms with Crippen LogP contribution >= 0.6 is 0 Å². The topological polar surface area (TPSA) is 38.7 Å². The minimum absolute atomic E-state index is 0.00881. The molecule has 0 saturated carbocycles. The van der Waals surface area contributed by atoms with Crippen LogP contribution in [0.25, 0.3) is 0 Å². The average Bonchev–Trinajstić information content (AvgIpc) is 2.56. The van der Waals surface area contributed by atoms with Crippen LogP contribution < -0.4 is 0 Å². The van der Waals surface area contributed by atoms with Crippen molar-refractivity contribution < 1.29 is 14.6 Å². The molecule has 0 aromatic rings. The Morgan fingerprint density at radius 3 is 1.91 bits per heavy atom. The van der Waals surface area contributed by atoms with Gasteiger partial charge in [0.25, 0.3) is 0 Å². The first-order chi connectivity index (χ1) is 11.3. The first kappa shape index (κ1) is 22.6. The summed E-state index contributed by atoms with van der Waals surface area (Å²) < 4.78 is 11.7. The van der Waals surface area contributed by atoms with E-state index in [4.69, 9.17) is 14.6 Å². The van der Waals surface area contributed by atoms with Crippen molar-refractivity contribution in [3.8, 4) is 0 Å². The van der Waals surface area contributed by atoms with Crippen molar-refractivity contribution in [1.29, 1.82) is 0 Å². The fraction of sp³-hybridized carbons (Fsp3) is 0.900. The lowest BCUT2D eigenvalue weighted by Gasteiger charge is -2.18. The highest BCUT2D eigenvalue weighted by Crippen LogP contribution is 2.13. The summed E-state index contributed by atoms with van der Waals surface area (Å²) in [4.78, 5) is 0. The maximum Gasteiger partial charge on any atom is 0.157 e. The standard InChI is InChI=1S/C20H40O3/c1-3-5-18-22-20(23-19-6-4-2)16-14-12-10-8-7-9-11-13-15-17-21/h11,13,20-21H,3-10,12,14-19H2,1-2H3/b13-11+. The predicted molar refractivity (Wildman–Crippen MR) is 98.7 cm³/mol. The zero-order valence-electron chi connectivity index (χ0n) is 15.6. The molecule has 0 rings (SSSR count). The Kier molecular flexibility index (Phi) is 19.3. The van der Waals surface area contributed by atoms with Crippen molar-refractivity contribution in [3.63, 3.8) is 0 Å². The minimum atomic E-state index is 0.00881. The zero-order valence-corrected chi connectivity index (χ0v) is 15.6. The van der Waals surface area contributed by atoms with Crippen LogP contribution in [0.15, 0.2) is 12.2 Å². The smallest absolute Gasteiger partial charge is 0.157 e. The van der Waals surface area contributed by atoms with Gasteiger partial charge in [0.2, 0.25) is 0 Å². The SMILES string of the molecule is CCCCOC(CCCCCCC/C=C/CCO)OCCCC. The van der Waals surface area contributed by atoms with Gasteiger partial charge in [0, 0.05) is 19.8 Å². The highest BCUT2D eigenvalue weighted by atomic mass is 16.7. The molecule has 0 saturated heterocycles. The van der Waals surface area contributed by atoms with Crippen LogP contribution in [0.4, 0.5) is 0 Å². The van der Waals surface area contributed by atoms with Gasteiger partial charge in [0.05, 0.1) is 0 Å². The molecule has 0 atom stereocenters. The molecule has 0 aromatic carbocycles. The van der Waals surface area contributed by atoms with E-state index in [2.05, 4.69) is 26.0 Å². The van der Waals surface area contributed by atoms with Crippen LogP contribution in [0, 0.1) is 0 Å². The van der Waals surface area contributed by atoms with Crippen LogP contribution in [-0.2, 0) is 9.47 Å². The van der Waals surface area contributed by atoms with Gasteiger partial charge in [-0.3, -0.25) is 0 Å². The Morgan fingerprint density at radius 2 is 1.30 bits per heavy atom. The minimum Gasteiger partial charge on any atom is -0.396 e. The summed E-state index contributed by atoms with van der Waals surface area (Å²) in [6.45, 7) is 6.30. The molecule has 0 spiro atoms. The molecule has 0 radical (unpaired) electrons. The summed E-state index contributed by atoms with van der Waals surface area (Å²) in [5.74, 6) is 0. The highest BCUT2D eigenvalue weighted by Gasteiger charge is 2.08. The van der Waals surface area contributed by atoms with Gasteiger partial charge in [0.15, 0.2) is 6.29 Å². The molecule has 3 heteroatoms. The number of rotatable bonds is 18. The summed E-state index contributed by atoms with van der Waals surface area (Å²) in [6.07, 6.45) is 18.1. The molecule has 0 fully saturated rings. The molecule has 138 valence electrons. The van der Waals surface area contributed by atoms with Crippen LogP contribution in [0.3, 0.4) is 0 Å². The van der Waals surface area contributed by atoms with E-state index < -0.39 is 0 Å². The van der Waals surface area contributed by atoms with Gasteiger partial charge < -0.3 is 14.6 Å². The lowest BCUT2D eigenvalue weighted by atomic mass is 10.1. The number of allylic oxidation sites excluding steroid dienone is 1. The van der Waals surface area contributed by atoms with Gasteiger partial charge in [-0.2, -0.15) is 0 Å². The largest absolute Gasteiger partial charge is 0.396 e. The fourth-order valence-electron chi connectivity index (χ4n) is 2.35. The number of ether oxygens (including phenoxy) is 2. The Labute approximate surface area is 144 Å². The molecular formula is C20H40O3. The van der Waals surface area contributed by atoms with Crippen molar-refractivity contribution >= 4 is 0 Å². The number of unbranched alkanes of at least 4 members (excludes halogenated alkanes) is 7. The van der Waals surface area contributed by atoms with Crippen LogP contribution in [0.5, 0.6) is 0 Å². The lowest BCUT2D eigenvalue weighted by molar-refractivity contribution is -0.147. The highest BCUT2D eigenvalue weighted by molar-refractivity contribution is 4.80. The third-order valence-electron chi connectivity index (χ3n) is 3.88. The van der Waals surface area contributed by atoms with Crippen LogP contribution in [0.1, 0.15) is 90.9 Å². The third-order valence-corrected chi connectivity index (χ3v) is 3.88. The van der Waals surface area contributed by atoms with Crippen LogP contribution in [0.2, 0.25) is 0 Å². The summed E-state index contributed by atoms with van der Waals surface area (Å²) in [7, 11) is 0. The second-order valence-corrected chi connectivity index (χ2v) is 6.21. The first-order valence-electron chi connectivity index (χ1n) is 9.84. The Bertz CT molecular complexity index is 231. The van der Waals surface area contributed by atoms with Crippen molar-refractivity contribution in [2.24, 2.45) is 0 Å². The summed E-state index contributed by atoms with van der Waals surface area (Å²) >= 11 is 0. The molecule has 0 aromatic heterocycles. The number of aliphatic hydroxyl groups excluding tert-OH is 1. The normalized spacial score (nSPS) is 11.8. The summed E-state index contributed by atoms with van der Waals surface area (Å²) in [5.41, 5.74) is 0. The van der Waals surface area contributed by atoms with E-state index in [1.165, 1.54) is 44.9 Å². The second-order valence-electron chi connectivity index (χ2n) is 6.21. The van der Waals surface area contributed by atoms with Crippen molar-refractivity contribution in [2.75, 3.05) is 19.8 Å². The van der Waals surface area contributed by atoms with Gasteiger partial charge in [-0.15, -0.1) is 0 Å². The van der Waals surface area contributed by atoms with E-state index in [0.717, 1.165) is 45.3 Å². The molecule has 0 unspecified atom stereocenters. The molecule has 0 aliphatic heterocycles. The second kappa shape index (κ2) is 19.7. The molecule has 1 N–H and O–H groups in total. The fourth-order valence-corrected chi connectivity index (χ4v) is 2.35. The summed E-state index contributed by atoms with van der Waals surface area (Å²) in [5, 5.41) is 8.68. The van der Waals surface area contributed by atoms with Gasteiger partial charge >= 0.3 is 0 Å². The van der Waals surface area contributed by atoms with Crippen molar-refractivity contribution in [3.05, 3.63) is 12.2 Å². The predicted octanol–water partition coefficient (Wildman–Crippen LogP) is 5.62. The third kappa shape index (κ3) is 17.8. The quantitative estimate of drug-likeness (QED) is 0.202. The zero-order chi connectivity index (χ0) is 17.0. The Morgan fingerprint density at radius 1 is 0.739 bits per heavy atom. The molecule has 23 heavy (non-hydrogen) atoms. The van der Waals surface area contributed by atoms with Gasteiger partial charge in [-0.1, -0.05) is 58.1 Å². The molecule has 3 nitrogen and oxygen atoms in total. The van der Waals surface area contributed by atoms with E-state index in [9.17, 15) is 0 Å². The monoisotopic (exact) mass is 328 g/mol. The molecule has 0 heterocycles. The molecular weight excluding hydrogens is 288 g/mol. The van der Waals surface area contributed by atoms with E-state index in [1.807, 2.05) is 0 Å². The van der Waals surface area contributed by atoms with E-state index in [0.29, 0.717) is 0 Å². The van der Waals surface area contributed by atoms with Crippen LogP contribution in [-0.4, -0.2) is 31.2 Å². The molecule has 0 bridgehead atoms. The van der Waals surface area contributed by atoms with Gasteiger partial charge in [-0.25, -0.2) is 0 Å². The van der Waals surface area contributed by atoms with E-state index in [-0.39, 0.29) is 12.9 Å². The Balaban J connectivity index is 3.55. The lowest BCUT2D eigenvalue weighted by Crippen LogP contribution is -2.18. The van der Waals surface area contributed by atoms with Crippen molar-refractivity contribution in [1.82, 2.24) is 0 Å². The molecule has 0 amide bonds. The van der Waals surface area contributed by atoms with E-state index in [1.54, 1.807) is 0 Å². The number of hydrogen-bond acceptors (Lipinski definition) is 3. The van der Waals surface area contributed by atoms with Crippen molar-refractivity contribution in [2.45, 2.75) is 97.2 Å². The summed E-state index contributed by atoms with van der Waals surface area (Å²) in [6, 6.07) is 0. The maximum atomic E-state index is 8.68. The van der Waals surface area contributed by atoms with Gasteiger partial charge in [-0.05, 0) is 44.9 Å².